The van der Waals surface area contributed by atoms with Gasteiger partial charge in [-0.1, -0.05) is 20.3 Å². The van der Waals surface area contributed by atoms with Gasteiger partial charge >= 0.3 is 0 Å². The maximum Gasteiger partial charge on any atom is 0.167 e. The number of ketones is 1. The van der Waals surface area contributed by atoms with Crippen molar-refractivity contribution < 1.29 is 9.53 Å². The Morgan fingerprint density at radius 1 is 1.35 bits per heavy atom. The molecule has 0 N–H and O–H groups in total. The van der Waals surface area contributed by atoms with E-state index in [0.717, 1.165) is 41.7 Å². The lowest BCUT2D eigenvalue weighted by molar-refractivity contribution is -0.130. The van der Waals surface area contributed by atoms with Crippen LogP contribution in [0.25, 0.3) is 0 Å². The van der Waals surface area contributed by atoms with E-state index in [1.165, 1.54) is 0 Å². The normalized spacial score (nSPS) is 12.7. The molecule has 0 saturated heterocycles. The molecular formula is C15H25BrN2O2. The first kappa shape index (κ1) is 17.4. The molecule has 0 aliphatic heterocycles. The predicted molar refractivity (Wildman–Crippen MR) is 84.0 cm³/mol. The van der Waals surface area contributed by atoms with E-state index in [-0.39, 0.29) is 11.9 Å². The lowest BCUT2D eigenvalue weighted by Crippen LogP contribution is -2.27. The third kappa shape index (κ3) is 4.16. The molecule has 0 aliphatic rings. The Morgan fingerprint density at radius 2 is 2.05 bits per heavy atom. The van der Waals surface area contributed by atoms with E-state index in [4.69, 9.17) is 4.74 Å². The maximum atomic E-state index is 12.4. The summed E-state index contributed by atoms with van der Waals surface area (Å²) in [5, 5.41) is 4.53. The van der Waals surface area contributed by atoms with E-state index < -0.39 is 0 Å². The van der Waals surface area contributed by atoms with Crippen LogP contribution in [0.2, 0.25) is 0 Å². The highest BCUT2D eigenvalue weighted by Gasteiger charge is 2.22. The molecule has 1 aromatic rings. The second kappa shape index (κ2) is 8.57. The van der Waals surface area contributed by atoms with Crippen LogP contribution in [0.4, 0.5) is 0 Å². The van der Waals surface area contributed by atoms with Gasteiger partial charge in [-0.05, 0) is 42.6 Å². The standard InChI is InChI=1S/C15H25BrN2O2/c1-5-9-14(20-8-4)13(19)10-12-15(16)11(6-2)17-18(12)7-3/h14H,5-10H2,1-4H3. The predicted octanol–water partition coefficient (Wildman–Crippen LogP) is 3.54. The van der Waals surface area contributed by atoms with Crippen molar-refractivity contribution in [2.24, 2.45) is 0 Å². The molecule has 1 rings (SSSR count). The van der Waals surface area contributed by atoms with Crippen molar-refractivity contribution in [1.82, 2.24) is 9.78 Å². The van der Waals surface area contributed by atoms with E-state index in [1.807, 2.05) is 18.5 Å². The van der Waals surface area contributed by atoms with Crippen LogP contribution in [0.1, 0.15) is 51.9 Å². The van der Waals surface area contributed by atoms with Crippen LogP contribution in [-0.2, 0) is 28.9 Å². The first-order chi connectivity index (χ1) is 9.58. The van der Waals surface area contributed by atoms with E-state index in [1.54, 1.807) is 0 Å². The number of hydrogen-bond acceptors (Lipinski definition) is 3. The average molecular weight is 345 g/mol. The van der Waals surface area contributed by atoms with Crippen LogP contribution in [0.3, 0.4) is 0 Å². The molecule has 0 bridgehead atoms. The van der Waals surface area contributed by atoms with E-state index >= 15 is 0 Å². The third-order valence-corrected chi connectivity index (χ3v) is 4.23. The van der Waals surface area contributed by atoms with Gasteiger partial charge in [-0.25, -0.2) is 0 Å². The number of rotatable bonds is 9. The highest BCUT2D eigenvalue weighted by atomic mass is 79.9. The molecule has 1 aromatic heterocycles. The Labute approximate surface area is 130 Å². The molecule has 1 heterocycles. The minimum absolute atomic E-state index is 0.145. The molecule has 1 atom stereocenters. The Bertz CT molecular complexity index is 437. The molecule has 0 aliphatic carbocycles. The van der Waals surface area contributed by atoms with E-state index in [9.17, 15) is 4.79 Å². The Balaban J connectivity index is 2.90. The number of nitrogens with zero attached hydrogens (tertiary/aromatic N) is 2. The number of halogens is 1. The van der Waals surface area contributed by atoms with Crippen molar-refractivity contribution in [3.8, 4) is 0 Å². The summed E-state index contributed by atoms with van der Waals surface area (Å²) >= 11 is 3.58. The van der Waals surface area contributed by atoms with E-state index in [2.05, 4.69) is 34.9 Å². The lowest BCUT2D eigenvalue weighted by atomic mass is 10.1. The smallest absolute Gasteiger partial charge is 0.167 e. The topological polar surface area (TPSA) is 44.1 Å². The second-order valence-corrected chi connectivity index (χ2v) is 5.55. The fourth-order valence-electron chi connectivity index (χ4n) is 2.27. The molecule has 1 unspecified atom stereocenters. The third-order valence-electron chi connectivity index (χ3n) is 3.31. The van der Waals surface area contributed by atoms with Crippen molar-refractivity contribution in [2.45, 2.75) is 66.0 Å². The molecule has 20 heavy (non-hydrogen) atoms. The number of hydrogen-bond donors (Lipinski definition) is 0. The molecule has 0 saturated carbocycles. The van der Waals surface area contributed by atoms with Gasteiger partial charge in [0.25, 0.3) is 0 Å². The molecule has 4 nitrogen and oxygen atoms in total. The van der Waals surface area contributed by atoms with Crippen molar-refractivity contribution in [1.29, 1.82) is 0 Å². The Morgan fingerprint density at radius 3 is 2.55 bits per heavy atom. The number of Topliss-reactive ketones (excluding diaryl/α,β-unsaturated/α-hetero) is 1. The fraction of sp³-hybridized carbons (Fsp3) is 0.733. The summed E-state index contributed by atoms with van der Waals surface area (Å²) in [6.45, 7) is 9.45. The quantitative estimate of drug-likeness (QED) is 0.688. The average Bonchev–Trinajstić information content (AvgIpc) is 2.75. The van der Waals surface area contributed by atoms with Gasteiger partial charge < -0.3 is 4.74 Å². The van der Waals surface area contributed by atoms with Crippen LogP contribution in [-0.4, -0.2) is 28.3 Å². The molecule has 0 fully saturated rings. The number of carbonyl (C=O) groups is 1. The lowest BCUT2D eigenvalue weighted by Gasteiger charge is -2.15. The maximum absolute atomic E-state index is 12.4. The Hall–Kier alpha value is -0.680. The summed E-state index contributed by atoms with van der Waals surface area (Å²) in [4.78, 5) is 12.4. The van der Waals surface area contributed by atoms with Gasteiger partial charge in [-0.2, -0.15) is 5.10 Å². The van der Waals surface area contributed by atoms with Gasteiger partial charge in [0, 0.05) is 13.2 Å². The van der Waals surface area contributed by atoms with Gasteiger partial charge in [0.05, 0.1) is 22.3 Å². The number of ether oxygens (including phenoxy) is 1. The van der Waals surface area contributed by atoms with Crippen LogP contribution < -0.4 is 0 Å². The van der Waals surface area contributed by atoms with Gasteiger partial charge in [0.2, 0.25) is 0 Å². The molecule has 0 spiro atoms. The highest BCUT2D eigenvalue weighted by Crippen LogP contribution is 2.23. The number of aryl methyl sites for hydroxylation is 2. The largest absolute Gasteiger partial charge is 0.371 e. The Kier molecular flexibility index (Phi) is 7.45. The molecule has 5 heteroatoms. The zero-order chi connectivity index (χ0) is 15.1. The number of carbonyl (C=O) groups excluding carboxylic acids is 1. The van der Waals surface area contributed by atoms with Crippen molar-refractivity contribution in [3.05, 3.63) is 15.9 Å². The first-order valence-corrected chi connectivity index (χ1v) is 8.26. The summed E-state index contributed by atoms with van der Waals surface area (Å²) in [5.74, 6) is 0.145. The summed E-state index contributed by atoms with van der Waals surface area (Å²) in [6.07, 6.45) is 2.68. The van der Waals surface area contributed by atoms with Gasteiger partial charge in [0.1, 0.15) is 6.10 Å². The first-order valence-electron chi connectivity index (χ1n) is 7.47. The van der Waals surface area contributed by atoms with Crippen LogP contribution in [0.15, 0.2) is 4.47 Å². The SMILES string of the molecule is CCCC(OCC)C(=O)Cc1c(Br)c(CC)nn1CC. The molecule has 0 radical (unpaired) electrons. The monoisotopic (exact) mass is 344 g/mol. The van der Waals surface area contributed by atoms with E-state index in [0.29, 0.717) is 13.0 Å². The van der Waals surface area contributed by atoms with Crippen molar-refractivity contribution in [2.75, 3.05) is 6.61 Å². The fourth-order valence-corrected chi connectivity index (χ4v) is 2.97. The van der Waals surface area contributed by atoms with Crippen LogP contribution in [0, 0.1) is 0 Å². The molecule has 0 aromatic carbocycles. The van der Waals surface area contributed by atoms with Gasteiger partial charge in [-0.3, -0.25) is 9.48 Å². The summed E-state index contributed by atoms with van der Waals surface area (Å²) < 4.78 is 8.45. The minimum atomic E-state index is -0.290. The molecule has 0 amide bonds. The minimum Gasteiger partial charge on any atom is -0.371 e. The number of aromatic nitrogens is 2. The van der Waals surface area contributed by atoms with Gasteiger partial charge in [-0.15, -0.1) is 0 Å². The molecular weight excluding hydrogens is 320 g/mol. The van der Waals surface area contributed by atoms with Crippen LogP contribution >= 0.6 is 15.9 Å². The summed E-state index contributed by atoms with van der Waals surface area (Å²) in [7, 11) is 0. The highest BCUT2D eigenvalue weighted by molar-refractivity contribution is 9.10. The zero-order valence-corrected chi connectivity index (χ0v) is 14.5. The van der Waals surface area contributed by atoms with Crippen molar-refractivity contribution >= 4 is 21.7 Å². The van der Waals surface area contributed by atoms with Crippen molar-refractivity contribution in [3.63, 3.8) is 0 Å². The summed E-state index contributed by atoms with van der Waals surface area (Å²) in [5.41, 5.74) is 1.98. The van der Waals surface area contributed by atoms with Crippen LogP contribution in [0.5, 0.6) is 0 Å². The molecule has 114 valence electrons. The summed E-state index contributed by atoms with van der Waals surface area (Å²) in [6, 6.07) is 0. The van der Waals surface area contributed by atoms with Gasteiger partial charge in [0.15, 0.2) is 5.78 Å². The second-order valence-electron chi connectivity index (χ2n) is 4.75. The zero-order valence-electron chi connectivity index (χ0n) is 12.9.